The Labute approximate surface area is 220 Å². The Kier molecular flexibility index (Phi) is 9.68. The van der Waals surface area contributed by atoms with E-state index in [1.807, 2.05) is 36.4 Å². The van der Waals surface area contributed by atoms with Crippen molar-refractivity contribution in [3.05, 3.63) is 54.3 Å². The van der Waals surface area contributed by atoms with Crippen molar-refractivity contribution in [2.45, 2.75) is 44.0 Å². The van der Waals surface area contributed by atoms with Crippen LogP contribution in [0.2, 0.25) is 0 Å². The maximum atomic E-state index is 14.3. The Bertz CT molecular complexity index is 977. The third kappa shape index (κ3) is 7.24. The normalized spacial score (nSPS) is 21.6. The molecule has 0 radical (unpaired) electrons. The number of carbonyl (C=O) groups excluding carboxylic acids is 1. The van der Waals surface area contributed by atoms with Gasteiger partial charge in [-0.3, -0.25) is 9.69 Å². The van der Waals surface area contributed by atoms with Crippen molar-refractivity contribution in [2.24, 2.45) is 11.8 Å². The van der Waals surface area contributed by atoms with Crippen LogP contribution < -0.4 is 10.2 Å². The molecule has 2 heterocycles. The first-order valence-corrected chi connectivity index (χ1v) is 14.5. The lowest BCUT2D eigenvalue weighted by molar-refractivity contribution is -0.116. The highest BCUT2D eigenvalue weighted by Crippen LogP contribution is 2.29. The van der Waals surface area contributed by atoms with Crippen LogP contribution in [0.25, 0.3) is 0 Å². The lowest BCUT2D eigenvalue weighted by atomic mass is 9.86. The fourth-order valence-electron chi connectivity index (χ4n) is 5.76. The summed E-state index contributed by atoms with van der Waals surface area (Å²) < 4.78 is 14.3. The molecule has 1 N–H and O–H groups in total. The Morgan fingerprint density at radius 2 is 1.78 bits per heavy atom. The minimum atomic E-state index is -0.139. The molecule has 2 saturated heterocycles. The zero-order valence-electron chi connectivity index (χ0n) is 22.0. The molecule has 2 aromatic rings. The number of carbonyl (C=O) groups is 1. The number of para-hydroxylation sites is 1. The molecule has 0 unspecified atom stereocenters. The van der Waals surface area contributed by atoms with E-state index in [0.29, 0.717) is 30.0 Å². The number of nitrogens with one attached hydrogen (secondary N) is 1. The summed E-state index contributed by atoms with van der Waals surface area (Å²) in [4.78, 5) is 21.4. The van der Waals surface area contributed by atoms with Crippen molar-refractivity contribution in [1.82, 2.24) is 9.80 Å². The largest absolute Gasteiger partial charge is 0.367 e. The van der Waals surface area contributed by atoms with Gasteiger partial charge in [0.1, 0.15) is 5.82 Å². The van der Waals surface area contributed by atoms with Crippen LogP contribution in [0.4, 0.5) is 15.8 Å². The molecular formula is C29H41FN4OS. The number of thioether (sulfide) groups is 1. The van der Waals surface area contributed by atoms with Crippen molar-refractivity contribution in [2.75, 3.05) is 62.3 Å². The predicted molar refractivity (Wildman–Crippen MR) is 149 cm³/mol. The summed E-state index contributed by atoms with van der Waals surface area (Å²) in [6.07, 6.45) is 4.61. The molecule has 2 fully saturated rings. The van der Waals surface area contributed by atoms with Crippen LogP contribution >= 0.6 is 11.8 Å². The molecule has 196 valence electrons. The summed E-state index contributed by atoms with van der Waals surface area (Å²) >= 11 is 1.70. The third-order valence-electron chi connectivity index (χ3n) is 7.49. The standard InChI is InChI=1S/C29H41FN4OS/c1-22(2)20-32-15-14-27(33-16-18-34(19-17-33)28-7-5-4-6-26(28)30)23(21-32)8-13-29(35)31-24-9-11-25(36-3)12-10-24/h4-7,9-12,22-23,27H,8,13-21H2,1-3H3,(H,31,35)/t23-,27+/m0/s1. The third-order valence-corrected chi connectivity index (χ3v) is 8.24. The SMILES string of the molecule is CSc1ccc(NC(=O)CC[C@H]2CN(CC(C)C)CC[C@H]2N2CCN(c3ccccc3F)CC2)cc1. The number of piperazine rings is 1. The molecular weight excluding hydrogens is 471 g/mol. The summed E-state index contributed by atoms with van der Waals surface area (Å²) in [6, 6.07) is 15.6. The van der Waals surface area contributed by atoms with E-state index in [0.717, 1.165) is 64.3 Å². The van der Waals surface area contributed by atoms with Gasteiger partial charge in [-0.15, -0.1) is 11.8 Å². The number of hydrogen-bond acceptors (Lipinski definition) is 5. The molecule has 2 aromatic carbocycles. The lowest BCUT2D eigenvalue weighted by Gasteiger charge is -2.47. The Balaban J connectivity index is 1.35. The molecule has 1 amide bonds. The number of nitrogens with zero attached hydrogens (tertiary/aromatic N) is 3. The number of piperidine rings is 1. The van der Waals surface area contributed by atoms with Gasteiger partial charge in [0.25, 0.3) is 0 Å². The van der Waals surface area contributed by atoms with E-state index in [-0.39, 0.29) is 11.7 Å². The highest BCUT2D eigenvalue weighted by Gasteiger charge is 2.35. The van der Waals surface area contributed by atoms with E-state index in [1.165, 1.54) is 4.90 Å². The first-order chi connectivity index (χ1) is 17.4. The predicted octanol–water partition coefficient (Wildman–Crippen LogP) is 5.44. The van der Waals surface area contributed by atoms with E-state index in [4.69, 9.17) is 0 Å². The monoisotopic (exact) mass is 512 g/mol. The average molecular weight is 513 g/mol. The quantitative estimate of drug-likeness (QED) is 0.453. The highest BCUT2D eigenvalue weighted by molar-refractivity contribution is 7.98. The van der Waals surface area contributed by atoms with Crippen molar-refractivity contribution >= 4 is 29.0 Å². The van der Waals surface area contributed by atoms with Crippen molar-refractivity contribution in [1.29, 1.82) is 0 Å². The van der Waals surface area contributed by atoms with Crippen LogP contribution in [0.1, 0.15) is 33.1 Å². The Morgan fingerprint density at radius 3 is 2.44 bits per heavy atom. The molecule has 0 bridgehead atoms. The van der Waals surface area contributed by atoms with Gasteiger partial charge in [-0.25, -0.2) is 4.39 Å². The number of benzene rings is 2. The van der Waals surface area contributed by atoms with E-state index < -0.39 is 0 Å². The number of amides is 1. The van der Waals surface area contributed by atoms with Crippen molar-refractivity contribution in [3.8, 4) is 0 Å². The van der Waals surface area contributed by atoms with E-state index in [1.54, 1.807) is 23.9 Å². The molecule has 0 aliphatic carbocycles. The van der Waals surface area contributed by atoms with Crippen molar-refractivity contribution < 1.29 is 9.18 Å². The lowest BCUT2D eigenvalue weighted by Crippen LogP contribution is -2.57. The molecule has 36 heavy (non-hydrogen) atoms. The van der Waals surface area contributed by atoms with E-state index in [9.17, 15) is 9.18 Å². The van der Waals surface area contributed by atoms with Crippen LogP contribution in [0.15, 0.2) is 53.4 Å². The molecule has 0 spiro atoms. The number of halogens is 1. The number of rotatable bonds is 9. The smallest absolute Gasteiger partial charge is 0.224 e. The maximum Gasteiger partial charge on any atom is 0.224 e. The molecule has 0 aromatic heterocycles. The van der Waals surface area contributed by atoms with Gasteiger partial charge >= 0.3 is 0 Å². The van der Waals surface area contributed by atoms with Gasteiger partial charge in [-0.05, 0) is 73.9 Å². The topological polar surface area (TPSA) is 38.8 Å². The van der Waals surface area contributed by atoms with Crippen LogP contribution in [-0.4, -0.2) is 73.8 Å². The van der Waals surface area contributed by atoms with Gasteiger partial charge in [0.05, 0.1) is 5.69 Å². The van der Waals surface area contributed by atoms with Gasteiger partial charge in [0, 0.05) is 62.3 Å². The second-order valence-electron chi connectivity index (χ2n) is 10.6. The molecule has 4 rings (SSSR count). The fourth-order valence-corrected chi connectivity index (χ4v) is 6.17. The van der Waals surface area contributed by atoms with Crippen molar-refractivity contribution in [3.63, 3.8) is 0 Å². The minimum Gasteiger partial charge on any atom is -0.367 e. The van der Waals surface area contributed by atoms with Crippen LogP contribution in [0.3, 0.4) is 0 Å². The first-order valence-electron chi connectivity index (χ1n) is 13.3. The maximum absolute atomic E-state index is 14.3. The molecule has 7 heteroatoms. The van der Waals surface area contributed by atoms with Crippen LogP contribution in [0, 0.1) is 17.7 Å². The number of anilines is 2. The minimum absolute atomic E-state index is 0.0935. The fraction of sp³-hybridized carbons (Fsp3) is 0.552. The Morgan fingerprint density at radius 1 is 1.06 bits per heavy atom. The summed E-state index contributed by atoms with van der Waals surface area (Å²) in [5.41, 5.74) is 1.58. The zero-order valence-corrected chi connectivity index (χ0v) is 22.8. The second kappa shape index (κ2) is 12.9. The van der Waals surface area contributed by atoms with Crippen LogP contribution in [0.5, 0.6) is 0 Å². The highest BCUT2D eigenvalue weighted by atomic mass is 32.2. The van der Waals surface area contributed by atoms with Gasteiger partial charge in [0.15, 0.2) is 0 Å². The van der Waals surface area contributed by atoms with Crippen LogP contribution in [-0.2, 0) is 4.79 Å². The molecule has 2 aliphatic rings. The molecule has 2 atom stereocenters. The number of likely N-dealkylation sites (tertiary alicyclic amines) is 1. The summed E-state index contributed by atoms with van der Waals surface area (Å²) in [5.74, 6) is 1.05. The van der Waals surface area contributed by atoms with Gasteiger partial charge in [0.2, 0.25) is 5.91 Å². The van der Waals surface area contributed by atoms with E-state index in [2.05, 4.69) is 40.1 Å². The summed E-state index contributed by atoms with van der Waals surface area (Å²) in [5, 5.41) is 3.08. The molecule has 0 saturated carbocycles. The first kappa shape index (κ1) is 27.0. The molecule has 2 aliphatic heterocycles. The zero-order chi connectivity index (χ0) is 25.5. The van der Waals surface area contributed by atoms with Gasteiger partial charge < -0.3 is 15.1 Å². The van der Waals surface area contributed by atoms with E-state index >= 15 is 0 Å². The Hall–Kier alpha value is -2.09. The summed E-state index contributed by atoms with van der Waals surface area (Å²) in [6.45, 7) is 11.4. The molecule has 5 nitrogen and oxygen atoms in total. The van der Waals surface area contributed by atoms with Gasteiger partial charge in [-0.1, -0.05) is 26.0 Å². The number of hydrogen-bond donors (Lipinski definition) is 1. The average Bonchev–Trinajstić information content (AvgIpc) is 2.88. The second-order valence-corrected chi connectivity index (χ2v) is 11.4. The van der Waals surface area contributed by atoms with Gasteiger partial charge in [-0.2, -0.15) is 0 Å². The summed E-state index contributed by atoms with van der Waals surface area (Å²) in [7, 11) is 0.